The van der Waals surface area contributed by atoms with Gasteiger partial charge in [-0.25, -0.2) is 0 Å². The van der Waals surface area contributed by atoms with Gasteiger partial charge in [-0.15, -0.1) is 0 Å². The van der Waals surface area contributed by atoms with Crippen LogP contribution in [0, 0.1) is 6.92 Å². The first-order chi connectivity index (χ1) is 11.7. The number of carbonyl (C=O) groups excluding carboxylic acids is 2. The minimum atomic E-state index is -5.41. The number of rotatable bonds is 3. The van der Waals surface area contributed by atoms with Crippen molar-refractivity contribution in [2.75, 3.05) is 0 Å². The molecule has 0 saturated carbocycles. The number of aryl methyl sites for hydroxylation is 1. The van der Waals surface area contributed by atoms with Crippen molar-refractivity contribution in [3.63, 3.8) is 0 Å². The van der Waals surface area contributed by atoms with Gasteiger partial charge >= 0.3 is 151 Å². The molecule has 0 amide bonds. The van der Waals surface area contributed by atoms with Crippen LogP contribution in [0.3, 0.4) is 0 Å². The molecule has 2 aliphatic rings. The first-order valence-electron chi connectivity index (χ1n) is 7.70. The Hall–Kier alpha value is -1.58. The van der Waals surface area contributed by atoms with Crippen LogP contribution < -0.4 is 0 Å². The first-order valence-corrected chi connectivity index (χ1v) is 11.0. The van der Waals surface area contributed by atoms with Crippen molar-refractivity contribution >= 4 is 29.6 Å². The minimum absolute atomic E-state index is 0.184. The van der Waals surface area contributed by atoms with Crippen LogP contribution in [0.25, 0.3) is 4.49 Å². The standard InChI is InChI=1S/C15H19NO8PS/c1-10-6-8-11(9-7-10)26(19,20)16-25(21-12(17)14(2,3)23-25)22-13(18)15(4,5)24-25/h6-9H,1-5H3/q-1. The Labute approximate surface area is 151 Å². The number of sulfonamides is 1. The molecular weight excluding hydrogens is 385 g/mol. The quantitative estimate of drug-likeness (QED) is 0.706. The Kier molecular flexibility index (Phi) is 3.86. The van der Waals surface area contributed by atoms with Crippen molar-refractivity contribution < 1.29 is 36.1 Å². The van der Waals surface area contributed by atoms with Crippen LogP contribution in [0.1, 0.15) is 33.3 Å². The fourth-order valence-corrected chi connectivity index (χ4v) is 8.13. The Morgan fingerprint density at radius 1 is 0.885 bits per heavy atom. The van der Waals surface area contributed by atoms with E-state index in [-0.39, 0.29) is 4.90 Å². The summed E-state index contributed by atoms with van der Waals surface area (Å²) in [5, 5.41) is 0. The summed E-state index contributed by atoms with van der Waals surface area (Å²) in [5.41, 5.74) is -2.38. The van der Waals surface area contributed by atoms with Crippen molar-refractivity contribution in [1.82, 2.24) is 0 Å². The maximum absolute atomic E-state index is 12.8. The van der Waals surface area contributed by atoms with Crippen molar-refractivity contribution in [1.29, 1.82) is 0 Å². The summed E-state index contributed by atoms with van der Waals surface area (Å²) in [7, 11) is -9.84. The third-order valence-corrected chi connectivity index (χ3v) is 9.04. The summed E-state index contributed by atoms with van der Waals surface area (Å²) in [6.45, 7) is 7.15. The molecule has 0 aromatic heterocycles. The molecule has 0 radical (unpaired) electrons. The van der Waals surface area contributed by atoms with Crippen molar-refractivity contribution in [3.8, 4) is 0 Å². The SMILES string of the molecule is Cc1ccc(S(=O)(=O)[N-]P23(OC(=O)C(C)(C)O2)OC(=O)C(C)(C)O3)cc1. The molecule has 2 fully saturated rings. The number of carbonyl (C=O) groups is 2. The summed E-state index contributed by atoms with van der Waals surface area (Å²) < 4.78 is 50.6. The monoisotopic (exact) mass is 404 g/mol. The van der Waals surface area contributed by atoms with Gasteiger partial charge in [-0.2, -0.15) is 0 Å². The summed E-state index contributed by atoms with van der Waals surface area (Å²) >= 11 is 0. The van der Waals surface area contributed by atoms with Gasteiger partial charge in [0.2, 0.25) is 0 Å². The summed E-state index contributed by atoms with van der Waals surface area (Å²) in [4.78, 5) is 24.2. The maximum atomic E-state index is 12.8. The van der Waals surface area contributed by atoms with E-state index in [0.29, 0.717) is 0 Å². The molecule has 3 rings (SSSR count). The Balaban J connectivity index is 2.11. The van der Waals surface area contributed by atoms with Crippen LogP contribution >= 0.6 is 7.66 Å². The van der Waals surface area contributed by atoms with Gasteiger partial charge in [0.25, 0.3) is 0 Å². The molecule has 11 heteroatoms. The van der Waals surface area contributed by atoms with E-state index in [0.717, 1.165) is 5.56 Å². The molecule has 0 N–H and O–H groups in total. The van der Waals surface area contributed by atoms with Gasteiger partial charge in [0.05, 0.1) is 0 Å². The second kappa shape index (κ2) is 5.24. The Morgan fingerprint density at radius 3 is 1.65 bits per heavy atom. The predicted octanol–water partition coefficient (Wildman–Crippen LogP) is 2.89. The molecule has 2 aliphatic heterocycles. The second-order valence-electron chi connectivity index (χ2n) is 7.10. The molecule has 0 unspecified atom stereocenters. The molecule has 1 spiro atoms. The molecular formula is C15H19NO8PS-. The van der Waals surface area contributed by atoms with Gasteiger partial charge in [0.15, 0.2) is 0 Å². The fourth-order valence-electron chi connectivity index (χ4n) is 2.45. The van der Waals surface area contributed by atoms with Crippen LogP contribution in [0.2, 0.25) is 0 Å². The van der Waals surface area contributed by atoms with Crippen LogP contribution in [0.15, 0.2) is 29.2 Å². The van der Waals surface area contributed by atoms with Crippen LogP contribution in [-0.2, 0) is 37.7 Å². The van der Waals surface area contributed by atoms with Crippen LogP contribution in [0.5, 0.6) is 0 Å². The summed E-state index contributed by atoms with van der Waals surface area (Å²) in [6.07, 6.45) is 0. The molecule has 2 heterocycles. The second-order valence-corrected chi connectivity index (χ2v) is 11.5. The van der Waals surface area contributed by atoms with E-state index in [1.807, 2.05) is 0 Å². The van der Waals surface area contributed by atoms with E-state index < -0.39 is 40.8 Å². The zero-order valence-electron chi connectivity index (χ0n) is 14.9. The van der Waals surface area contributed by atoms with Gasteiger partial charge in [-0.3, -0.25) is 0 Å². The van der Waals surface area contributed by atoms with E-state index in [1.54, 1.807) is 19.1 Å². The number of hydrogen-bond acceptors (Lipinski definition) is 8. The third-order valence-electron chi connectivity index (χ3n) is 3.78. The number of nitrogens with zero attached hydrogens (tertiary/aromatic N) is 1. The van der Waals surface area contributed by atoms with Gasteiger partial charge in [-0.1, -0.05) is 0 Å². The molecule has 0 atom stereocenters. The van der Waals surface area contributed by atoms with Gasteiger partial charge in [-0.05, 0) is 0 Å². The van der Waals surface area contributed by atoms with E-state index in [9.17, 15) is 18.0 Å². The fraction of sp³-hybridized carbons (Fsp3) is 0.467. The van der Waals surface area contributed by atoms with Crippen LogP contribution in [-0.4, -0.2) is 31.6 Å². The van der Waals surface area contributed by atoms with Gasteiger partial charge in [0.1, 0.15) is 0 Å². The van der Waals surface area contributed by atoms with Crippen LogP contribution in [0.4, 0.5) is 0 Å². The molecule has 26 heavy (non-hydrogen) atoms. The molecule has 0 bridgehead atoms. The van der Waals surface area contributed by atoms with E-state index in [4.69, 9.17) is 18.1 Å². The average molecular weight is 404 g/mol. The number of hydrogen-bond donors (Lipinski definition) is 0. The number of benzene rings is 1. The molecule has 2 saturated heterocycles. The Morgan fingerprint density at radius 2 is 1.31 bits per heavy atom. The van der Waals surface area contributed by atoms with Crippen molar-refractivity contribution in [2.45, 2.75) is 50.7 Å². The van der Waals surface area contributed by atoms with Gasteiger partial charge in [0, 0.05) is 0 Å². The molecule has 144 valence electrons. The first kappa shape index (κ1) is 19.2. The summed E-state index contributed by atoms with van der Waals surface area (Å²) in [5.74, 6) is -1.88. The zero-order valence-corrected chi connectivity index (χ0v) is 16.6. The molecule has 0 aliphatic carbocycles. The predicted molar refractivity (Wildman–Crippen MR) is 91.2 cm³/mol. The zero-order chi connectivity index (χ0) is 19.6. The molecule has 9 nitrogen and oxygen atoms in total. The third kappa shape index (κ3) is 2.91. The summed E-state index contributed by atoms with van der Waals surface area (Å²) in [6, 6.07) is 5.80. The Bertz CT molecular complexity index is 870. The van der Waals surface area contributed by atoms with E-state index in [2.05, 4.69) is 4.49 Å². The normalized spacial score (nSPS) is 26.7. The van der Waals surface area contributed by atoms with Crippen molar-refractivity contribution in [2.24, 2.45) is 0 Å². The molecule has 1 aromatic carbocycles. The van der Waals surface area contributed by atoms with Crippen molar-refractivity contribution in [3.05, 3.63) is 34.3 Å². The van der Waals surface area contributed by atoms with Gasteiger partial charge < -0.3 is 0 Å². The van der Waals surface area contributed by atoms with E-state index >= 15 is 0 Å². The average Bonchev–Trinajstić information content (AvgIpc) is 2.75. The van der Waals surface area contributed by atoms with E-state index in [1.165, 1.54) is 39.8 Å². The topological polar surface area (TPSA) is 119 Å². The molecule has 1 aromatic rings.